The smallest absolute Gasteiger partial charge is 0.197 e. The third-order valence-electron chi connectivity index (χ3n) is 5.42. The van der Waals surface area contributed by atoms with Crippen molar-refractivity contribution >= 4 is 0 Å². The number of piperidine rings is 1. The molecule has 158 valence electrons. The maximum absolute atomic E-state index is 14.8. The van der Waals surface area contributed by atoms with Crippen LogP contribution in [-0.2, 0) is 11.2 Å². The molecule has 0 aromatic heterocycles. The molecule has 3 aliphatic rings. The minimum Gasteiger partial charge on any atom is -0.493 e. The van der Waals surface area contributed by atoms with Gasteiger partial charge in [-0.1, -0.05) is 0 Å². The topological polar surface area (TPSA) is 30.9 Å². The molecule has 0 N–H and O–H groups in total. The van der Waals surface area contributed by atoms with Crippen molar-refractivity contribution in [1.82, 2.24) is 4.90 Å². The number of ether oxygens (including phenoxy) is 3. The Balaban J connectivity index is 0.000000500. The molecule has 0 radical (unpaired) electrons. The number of fused-ring (bicyclic) bond motifs is 3. The van der Waals surface area contributed by atoms with Gasteiger partial charge in [0.15, 0.2) is 17.3 Å². The Labute approximate surface area is 167 Å². The molecule has 6 heteroatoms. The van der Waals surface area contributed by atoms with Crippen LogP contribution in [0.4, 0.5) is 8.78 Å². The van der Waals surface area contributed by atoms with Crippen molar-refractivity contribution in [3.63, 3.8) is 0 Å². The van der Waals surface area contributed by atoms with E-state index in [1.54, 1.807) is 7.11 Å². The van der Waals surface area contributed by atoms with Crippen LogP contribution in [0, 0.1) is 5.82 Å². The van der Waals surface area contributed by atoms with Gasteiger partial charge in [0.25, 0.3) is 0 Å². The fourth-order valence-corrected chi connectivity index (χ4v) is 4.08. The first-order chi connectivity index (χ1) is 13.2. The van der Waals surface area contributed by atoms with E-state index in [0.717, 1.165) is 49.9 Å². The van der Waals surface area contributed by atoms with Crippen molar-refractivity contribution in [2.75, 3.05) is 27.3 Å². The van der Waals surface area contributed by atoms with Gasteiger partial charge >= 0.3 is 0 Å². The summed E-state index contributed by atoms with van der Waals surface area (Å²) in [4.78, 5) is 2.42. The Kier molecular flexibility index (Phi) is 6.50. The summed E-state index contributed by atoms with van der Waals surface area (Å²) in [5.41, 5.74) is 1.70. The molecule has 2 unspecified atom stereocenters. The van der Waals surface area contributed by atoms with Crippen molar-refractivity contribution in [3.8, 4) is 11.5 Å². The highest BCUT2D eigenvalue weighted by molar-refractivity contribution is 5.51. The highest BCUT2D eigenvalue weighted by Gasteiger charge is 2.37. The predicted octanol–water partition coefficient (Wildman–Crippen LogP) is 4.84. The summed E-state index contributed by atoms with van der Waals surface area (Å²) in [5, 5.41) is 0. The van der Waals surface area contributed by atoms with Crippen LogP contribution in [-0.4, -0.2) is 50.1 Å². The van der Waals surface area contributed by atoms with Gasteiger partial charge in [-0.05, 0) is 70.1 Å². The van der Waals surface area contributed by atoms with E-state index < -0.39 is 6.17 Å². The maximum atomic E-state index is 14.8. The standard InChI is InChI=1S/C19H28FNO3.C3H5F/c1-19(2,3)24-12-6-7-15-14-10-16(22-4)18(23-5)17(20)13(14)8-9-21(15)11-12;4-3-1-2-3/h10,12,15H,6-9,11H2,1-5H3;3H,1-2H2. The van der Waals surface area contributed by atoms with Crippen molar-refractivity contribution in [3.05, 3.63) is 23.0 Å². The Morgan fingerprint density at radius 3 is 2.29 bits per heavy atom. The van der Waals surface area contributed by atoms with Gasteiger partial charge in [-0.2, -0.15) is 0 Å². The summed E-state index contributed by atoms with van der Waals surface area (Å²) in [6, 6.07) is 2.20. The summed E-state index contributed by atoms with van der Waals surface area (Å²) in [6.07, 6.45) is 4.13. The van der Waals surface area contributed by atoms with Gasteiger partial charge in [-0.25, -0.2) is 8.78 Å². The second-order valence-corrected chi connectivity index (χ2v) is 8.86. The molecular weight excluding hydrogens is 364 g/mol. The average Bonchev–Trinajstić information content (AvgIpc) is 3.42. The summed E-state index contributed by atoms with van der Waals surface area (Å²) in [6.45, 7) is 8.04. The minimum atomic E-state index is -0.417. The van der Waals surface area contributed by atoms with Gasteiger partial charge in [-0.3, -0.25) is 4.90 Å². The molecule has 0 spiro atoms. The van der Waals surface area contributed by atoms with E-state index in [4.69, 9.17) is 14.2 Å². The van der Waals surface area contributed by atoms with Crippen LogP contribution in [0.1, 0.15) is 63.6 Å². The Morgan fingerprint density at radius 2 is 1.75 bits per heavy atom. The normalized spacial score (nSPS) is 24.5. The second kappa shape index (κ2) is 8.54. The molecule has 1 saturated heterocycles. The van der Waals surface area contributed by atoms with Crippen molar-refractivity contribution in [1.29, 1.82) is 0 Å². The molecule has 1 aromatic carbocycles. The summed E-state index contributed by atoms with van der Waals surface area (Å²) in [5.74, 6) is 0.428. The lowest BCUT2D eigenvalue weighted by molar-refractivity contribution is -0.0972. The van der Waals surface area contributed by atoms with Crippen LogP contribution in [0.5, 0.6) is 11.5 Å². The predicted molar refractivity (Wildman–Crippen MR) is 106 cm³/mol. The van der Waals surface area contributed by atoms with Gasteiger partial charge in [-0.15, -0.1) is 0 Å². The molecule has 4 rings (SSSR count). The molecule has 28 heavy (non-hydrogen) atoms. The van der Waals surface area contributed by atoms with Crippen LogP contribution in [0.15, 0.2) is 6.07 Å². The Hall–Kier alpha value is -1.40. The van der Waals surface area contributed by atoms with E-state index >= 15 is 0 Å². The van der Waals surface area contributed by atoms with Gasteiger partial charge in [0.2, 0.25) is 0 Å². The van der Waals surface area contributed by atoms with E-state index in [9.17, 15) is 8.78 Å². The van der Waals surface area contributed by atoms with Crippen LogP contribution < -0.4 is 9.47 Å². The largest absolute Gasteiger partial charge is 0.493 e. The van der Waals surface area contributed by atoms with Gasteiger partial charge < -0.3 is 14.2 Å². The highest BCUT2D eigenvalue weighted by atomic mass is 19.1. The fraction of sp³-hybridized carbons (Fsp3) is 0.727. The molecule has 0 amide bonds. The molecule has 2 heterocycles. The number of benzene rings is 1. The Morgan fingerprint density at radius 1 is 1.07 bits per heavy atom. The zero-order valence-electron chi connectivity index (χ0n) is 17.7. The molecular formula is C22H33F2NO3. The van der Waals surface area contributed by atoms with E-state index in [0.29, 0.717) is 12.2 Å². The van der Waals surface area contributed by atoms with Crippen molar-refractivity contribution in [2.45, 2.75) is 76.8 Å². The lowest BCUT2D eigenvalue weighted by Gasteiger charge is -2.45. The first-order valence-electron chi connectivity index (χ1n) is 10.2. The van der Waals surface area contributed by atoms with E-state index in [2.05, 4.69) is 25.7 Å². The number of hydrogen-bond acceptors (Lipinski definition) is 4. The summed E-state index contributed by atoms with van der Waals surface area (Å²) in [7, 11) is 3.04. The number of halogens is 2. The minimum absolute atomic E-state index is 0.131. The molecule has 0 bridgehead atoms. The summed E-state index contributed by atoms with van der Waals surface area (Å²) < 4.78 is 42.6. The zero-order valence-corrected chi connectivity index (χ0v) is 17.7. The Bertz CT molecular complexity index is 685. The molecule has 2 aliphatic heterocycles. The average molecular weight is 398 g/mol. The van der Waals surface area contributed by atoms with Crippen LogP contribution in [0.3, 0.4) is 0 Å². The fourth-order valence-electron chi connectivity index (χ4n) is 4.08. The van der Waals surface area contributed by atoms with E-state index in [1.165, 1.54) is 7.11 Å². The molecule has 1 aromatic rings. The third kappa shape index (κ3) is 4.95. The maximum Gasteiger partial charge on any atom is 0.197 e. The van der Waals surface area contributed by atoms with E-state index in [-0.39, 0.29) is 29.3 Å². The monoisotopic (exact) mass is 397 g/mol. The van der Waals surface area contributed by atoms with Gasteiger partial charge in [0.05, 0.1) is 25.9 Å². The van der Waals surface area contributed by atoms with Crippen LogP contribution >= 0.6 is 0 Å². The molecule has 2 fully saturated rings. The summed E-state index contributed by atoms with van der Waals surface area (Å²) >= 11 is 0. The third-order valence-corrected chi connectivity index (χ3v) is 5.42. The van der Waals surface area contributed by atoms with Crippen molar-refractivity contribution < 1.29 is 23.0 Å². The number of alkyl halides is 1. The SMILES string of the molecule is COc1cc2c(c(F)c1OC)CCN1CC(OC(C)(C)C)CCC21.FC1CC1. The molecule has 1 saturated carbocycles. The van der Waals surface area contributed by atoms with Crippen LogP contribution in [0.2, 0.25) is 0 Å². The number of rotatable bonds is 3. The van der Waals surface area contributed by atoms with Gasteiger partial charge in [0.1, 0.15) is 6.17 Å². The second-order valence-electron chi connectivity index (χ2n) is 8.86. The zero-order chi connectivity index (χ0) is 20.5. The van der Waals surface area contributed by atoms with Gasteiger partial charge in [0, 0.05) is 19.1 Å². The quantitative estimate of drug-likeness (QED) is 0.730. The number of methoxy groups -OCH3 is 2. The molecule has 2 atom stereocenters. The lowest BCUT2D eigenvalue weighted by Crippen LogP contribution is -2.47. The molecule has 4 nitrogen and oxygen atoms in total. The van der Waals surface area contributed by atoms with Crippen molar-refractivity contribution in [2.24, 2.45) is 0 Å². The van der Waals surface area contributed by atoms with Crippen LogP contribution in [0.25, 0.3) is 0 Å². The number of hydrogen-bond donors (Lipinski definition) is 0. The molecule has 1 aliphatic carbocycles. The highest BCUT2D eigenvalue weighted by Crippen LogP contribution is 2.44. The van der Waals surface area contributed by atoms with E-state index in [1.807, 2.05) is 6.07 Å². The first-order valence-corrected chi connectivity index (χ1v) is 10.2. The first kappa shape index (κ1) is 21.3. The lowest BCUT2D eigenvalue weighted by atomic mass is 9.85. The number of nitrogens with zero attached hydrogens (tertiary/aromatic N) is 1.